The van der Waals surface area contributed by atoms with E-state index in [0.717, 1.165) is 53.5 Å². The van der Waals surface area contributed by atoms with Crippen LogP contribution in [0.2, 0.25) is 0 Å². The maximum absolute atomic E-state index is 13.5. The quantitative estimate of drug-likeness (QED) is 0.359. The van der Waals surface area contributed by atoms with Crippen LogP contribution in [-0.2, 0) is 32.2 Å². The van der Waals surface area contributed by atoms with Gasteiger partial charge in [0.05, 0.1) is 18.4 Å². The van der Waals surface area contributed by atoms with Gasteiger partial charge in [-0.1, -0.05) is 79.6 Å². The van der Waals surface area contributed by atoms with Crippen LogP contribution in [0, 0.1) is 5.92 Å². The van der Waals surface area contributed by atoms with E-state index in [2.05, 4.69) is 10.4 Å². The van der Waals surface area contributed by atoms with Crippen LogP contribution in [0.25, 0.3) is 0 Å². The molecule has 1 aliphatic heterocycles. The Labute approximate surface area is 240 Å². The first-order chi connectivity index (χ1) is 19.9. The summed E-state index contributed by atoms with van der Waals surface area (Å²) in [5, 5.41) is 18.2. The number of carbonyl (C=O) groups is 3. The monoisotopic (exact) mass is 553 g/mol. The maximum Gasteiger partial charge on any atom is 0.310 e. The van der Waals surface area contributed by atoms with E-state index in [-0.39, 0.29) is 30.3 Å². The standard InChI is InChI=1S/C33H35N3O5/c1-22(33(39)40)25-15-11-23(12-16-25)19-34-31(38)30(26-7-5-6-8-26)27-17-13-24(14-18-27)20-36-29(37)21-41-32(35-36)28-9-3-2-4-10-28/h2-4,9-18,22,26,30H,5-8,19-21H2,1H3,(H,34,38)(H,39,40). The number of carboxylic acid groups (broad SMARTS) is 1. The summed E-state index contributed by atoms with van der Waals surface area (Å²) in [7, 11) is 0. The number of hydrogen-bond acceptors (Lipinski definition) is 5. The van der Waals surface area contributed by atoms with E-state index in [4.69, 9.17) is 4.74 Å². The lowest BCUT2D eigenvalue weighted by atomic mass is 9.83. The van der Waals surface area contributed by atoms with Crippen LogP contribution in [-0.4, -0.2) is 40.4 Å². The molecule has 8 heteroatoms. The van der Waals surface area contributed by atoms with Gasteiger partial charge in [0.15, 0.2) is 6.61 Å². The Kier molecular flexibility index (Phi) is 8.77. The van der Waals surface area contributed by atoms with Crippen molar-refractivity contribution in [3.63, 3.8) is 0 Å². The molecule has 3 aromatic carbocycles. The number of nitrogens with zero attached hydrogens (tertiary/aromatic N) is 2. The highest BCUT2D eigenvalue weighted by molar-refractivity contribution is 5.97. The molecule has 2 aliphatic rings. The highest BCUT2D eigenvalue weighted by atomic mass is 16.5. The lowest BCUT2D eigenvalue weighted by Gasteiger charge is -2.25. The SMILES string of the molecule is CC(C(=O)O)c1ccc(CNC(=O)C(c2ccc(CN3N=C(c4ccccc4)OCC3=O)cc2)C2CCCC2)cc1. The summed E-state index contributed by atoms with van der Waals surface area (Å²) < 4.78 is 5.55. The second-order valence-corrected chi connectivity index (χ2v) is 10.8. The fourth-order valence-electron chi connectivity index (χ4n) is 5.54. The molecule has 0 bridgehead atoms. The van der Waals surface area contributed by atoms with Crippen molar-refractivity contribution >= 4 is 23.7 Å². The van der Waals surface area contributed by atoms with E-state index in [1.807, 2.05) is 66.7 Å². The van der Waals surface area contributed by atoms with Crippen molar-refractivity contribution in [3.8, 4) is 0 Å². The summed E-state index contributed by atoms with van der Waals surface area (Å²) in [6.07, 6.45) is 4.27. The number of aliphatic carboxylic acids is 1. The number of amides is 2. The lowest BCUT2D eigenvalue weighted by Crippen LogP contribution is -2.36. The largest absolute Gasteiger partial charge is 0.481 e. The van der Waals surface area contributed by atoms with Crippen molar-refractivity contribution < 1.29 is 24.2 Å². The van der Waals surface area contributed by atoms with Crippen LogP contribution >= 0.6 is 0 Å². The molecule has 2 N–H and O–H groups in total. The number of carboxylic acids is 1. The molecule has 0 radical (unpaired) electrons. The number of hydrazone groups is 1. The molecule has 212 valence electrons. The van der Waals surface area contributed by atoms with E-state index in [9.17, 15) is 19.5 Å². The molecule has 41 heavy (non-hydrogen) atoms. The van der Waals surface area contributed by atoms with Crippen LogP contribution < -0.4 is 5.32 Å². The number of carbonyl (C=O) groups excluding carboxylic acids is 2. The molecule has 1 saturated carbocycles. The molecule has 2 unspecified atom stereocenters. The third-order valence-corrected chi connectivity index (χ3v) is 7.99. The Balaban J connectivity index is 1.26. The zero-order chi connectivity index (χ0) is 28.8. The van der Waals surface area contributed by atoms with Crippen molar-refractivity contribution in [1.82, 2.24) is 10.3 Å². The van der Waals surface area contributed by atoms with E-state index >= 15 is 0 Å². The van der Waals surface area contributed by atoms with Crippen LogP contribution in [0.4, 0.5) is 0 Å². The van der Waals surface area contributed by atoms with E-state index in [1.165, 1.54) is 5.01 Å². The molecule has 5 rings (SSSR count). The van der Waals surface area contributed by atoms with Crippen LogP contribution in [0.3, 0.4) is 0 Å². The average Bonchev–Trinajstić information content (AvgIpc) is 3.53. The topological polar surface area (TPSA) is 108 Å². The van der Waals surface area contributed by atoms with E-state index < -0.39 is 11.9 Å². The van der Waals surface area contributed by atoms with Crippen molar-refractivity contribution in [1.29, 1.82) is 0 Å². The van der Waals surface area contributed by atoms with Crippen molar-refractivity contribution in [2.75, 3.05) is 6.61 Å². The summed E-state index contributed by atoms with van der Waals surface area (Å²) in [4.78, 5) is 37.3. The second-order valence-electron chi connectivity index (χ2n) is 10.8. The summed E-state index contributed by atoms with van der Waals surface area (Å²) in [6, 6.07) is 24.8. The maximum atomic E-state index is 13.5. The first-order valence-corrected chi connectivity index (χ1v) is 14.1. The number of benzene rings is 3. The van der Waals surface area contributed by atoms with Gasteiger partial charge < -0.3 is 15.2 Å². The smallest absolute Gasteiger partial charge is 0.310 e. The molecule has 3 aromatic rings. The normalized spacial score (nSPS) is 17.0. The number of nitrogens with one attached hydrogen (secondary N) is 1. The minimum atomic E-state index is -0.863. The zero-order valence-electron chi connectivity index (χ0n) is 23.2. The van der Waals surface area contributed by atoms with Crippen LogP contribution in [0.5, 0.6) is 0 Å². The first-order valence-electron chi connectivity index (χ1n) is 14.1. The van der Waals surface area contributed by atoms with E-state index in [1.54, 1.807) is 19.1 Å². The number of rotatable bonds is 10. The molecule has 2 atom stereocenters. The lowest BCUT2D eigenvalue weighted by molar-refractivity contribution is -0.138. The van der Waals surface area contributed by atoms with Gasteiger partial charge in [0.25, 0.3) is 5.91 Å². The van der Waals surface area contributed by atoms with Crippen molar-refractivity contribution in [2.24, 2.45) is 11.0 Å². The molecule has 1 fully saturated rings. The Bertz CT molecular complexity index is 1400. The molecule has 0 aromatic heterocycles. The number of ether oxygens (including phenoxy) is 1. The predicted molar refractivity (Wildman–Crippen MR) is 155 cm³/mol. The fraction of sp³-hybridized carbons (Fsp3) is 0.333. The first kappa shape index (κ1) is 28.1. The van der Waals surface area contributed by atoms with Gasteiger partial charge in [-0.25, -0.2) is 5.01 Å². The molecular formula is C33H35N3O5. The van der Waals surface area contributed by atoms with Gasteiger partial charge in [-0.15, -0.1) is 5.10 Å². The van der Waals surface area contributed by atoms with E-state index in [0.29, 0.717) is 19.0 Å². The Morgan fingerprint density at radius 3 is 2.24 bits per heavy atom. The molecular weight excluding hydrogens is 518 g/mol. The summed E-state index contributed by atoms with van der Waals surface area (Å²) >= 11 is 0. The molecule has 0 saturated heterocycles. The van der Waals surface area contributed by atoms with Gasteiger partial charge in [0.1, 0.15) is 0 Å². The third kappa shape index (κ3) is 6.82. The summed E-state index contributed by atoms with van der Waals surface area (Å²) in [5.74, 6) is -1.21. The molecule has 2 amide bonds. The van der Waals surface area contributed by atoms with Gasteiger partial charge in [0.2, 0.25) is 11.8 Å². The molecule has 1 aliphatic carbocycles. The van der Waals surface area contributed by atoms with Gasteiger partial charge in [-0.05, 0) is 60.1 Å². The minimum absolute atomic E-state index is 0.00640. The zero-order valence-corrected chi connectivity index (χ0v) is 23.2. The third-order valence-electron chi connectivity index (χ3n) is 7.99. The highest BCUT2D eigenvalue weighted by Gasteiger charge is 2.32. The summed E-state index contributed by atoms with van der Waals surface area (Å²) in [5.41, 5.74) is 4.35. The van der Waals surface area contributed by atoms with Crippen molar-refractivity contribution in [3.05, 3.63) is 107 Å². The molecule has 8 nitrogen and oxygen atoms in total. The van der Waals surface area contributed by atoms with Gasteiger partial charge in [0, 0.05) is 12.1 Å². The fourth-order valence-corrected chi connectivity index (χ4v) is 5.54. The highest BCUT2D eigenvalue weighted by Crippen LogP contribution is 2.38. The minimum Gasteiger partial charge on any atom is -0.481 e. The number of hydrogen-bond donors (Lipinski definition) is 2. The van der Waals surface area contributed by atoms with Crippen LogP contribution in [0.15, 0.2) is 84.0 Å². The molecule has 1 heterocycles. The van der Waals surface area contributed by atoms with Crippen LogP contribution in [0.1, 0.15) is 72.3 Å². The second kappa shape index (κ2) is 12.8. The van der Waals surface area contributed by atoms with Gasteiger partial charge in [-0.3, -0.25) is 14.4 Å². The van der Waals surface area contributed by atoms with Gasteiger partial charge in [-0.2, -0.15) is 0 Å². The van der Waals surface area contributed by atoms with Crippen molar-refractivity contribution in [2.45, 2.75) is 57.5 Å². The summed E-state index contributed by atoms with van der Waals surface area (Å²) in [6.45, 7) is 2.29. The Hall–Kier alpha value is -4.46. The van der Waals surface area contributed by atoms with Gasteiger partial charge >= 0.3 is 5.97 Å². The Morgan fingerprint density at radius 2 is 1.59 bits per heavy atom. The average molecular weight is 554 g/mol. The molecule has 0 spiro atoms. The Morgan fingerprint density at radius 1 is 0.951 bits per heavy atom. The predicted octanol–water partition coefficient (Wildman–Crippen LogP) is 5.19.